The van der Waals surface area contributed by atoms with Gasteiger partial charge in [-0.3, -0.25) is 4.79 Å². The summed E-state index contributed by atoms with van der Waals surface area (Å²) in [6, 6.07) is 15.9. The number of carbonyl (C=O) groups is 1. The first-order valence-electron chi connectivity index (χ1n) is 9.21. The van der Waals surface area contributed by atoms with Crippen LogP contribution in [0, 0.1) is 0 Å². The predicted molar refractivity (Wildman–Crippen MR) is 109 cm³/mol. The molecule has 1 atom stereocenters. The van der Waals surface area contributed by atoms with Crippen LogP contribution in [0.4, 0.5) is 5.69 Å². The Labute approximate surface area is 162 Å². The van der Waals surface area contributed by atoms with Crippen LogP contribution in [0.3, 0.4) is 0 Å². The van der Waals surface area contributed by atoms with Crippen LogP contribution in [0.2, 0.25) is 0 Å². The molecule has 0 fully saturated rings. The summed E-state index contributed by atoms with van der Waals surface area (Å²) < 4.78 is 26.4. The fraction of sp³-hybridized carbons (Fsp3) is 0.381. The summed E-state index contributed by atoms with van der Waals surface area (Å²) in [6.07, 6.45) is 1.65. The normalized spacial score (nSPS) is 13.0. The highest BCUT2D eigenvalue weighted by molar-refractivity contribution is 7.89. The van der Waals surface area contributed by atoms with Gasteiger partial charge in [0, 0.05) is 18.8 Å². The zero-order valence-electron chi connectivity index (χ0n) is 16.3. The molecule has 0 heterocycles. The zero-order chi connectivity index (χ0) is 20.0. The number of nitrogens with zero attached hydrogens (tertiary/aromatic N) is 1. The summed E-state index contributed by atoms with van der Waals surface area (Å²) in [6.45, 7) is 5.70. The number of anilines is 1. The molecule has 0 saturated carbocycles. The first kappa shape index (κ1) is 21.1. The van der Waals surface area contributed by atoms with Crippen LogP contribution in [-0.2, 0) is 14.8 Å². The molecular formula is C21H28N2O3S. The molecule has 0 aliphatic heterocycles. The lowest BCUT2D eigenvalue weighted by Gasteiger charge is -2.21. The van der Waals surface area contributed by atoms with E-state index in [2.05, 4.69) is 5.32 Å². The van der Waals surface area contributed by atoms with Gasteiger partial charge in [0.2, 0.25) is 15.9 Å². The van der Waals surface area contributed by atoms with Crippen LogP contribution in [0.15, 0.2) is 59.5 Å². The van der Waals surface area contributed by atoms with Crippen molar-refractivity contribution in [2.75, 3.05) is 12.4 Å². The van der Waals surface area contributed by atoms with Crippen molar-refractivity contribution in [1.82, 2.24) is 4.31 Å². The lowest BCUT2D eigenvalue weighted by molar-refractivity contribution is -0.117. The van der Waals surface area contributed by atoms with E-state index in [0.29, 0.717) is 5.69 Å². The third-order valence-electron chi connectivity index (χ3n) is 4.62. The monoisotopic (exact) mass is 388 g/mol. The van der Waals surface area contributed by atoms with Crippen LogP contribution in [0.5, 0.6) is 0 Å². The Morgan fingerprint density at radius 2 is 1.63 bits per heavy atom. The van der Waals surface area contributed by atoms with Gasteiger partial charge in [-0.15, -0.1) is 0 Å². The third-order valence-corrected chi connectivity index (χ3v) is 6.67. The molecule has 0 unspecified atom stereocenters. The lowest BCUT2D eigenvalue weighted by Crippen LogP contribution is -2.33. The molecule has 0 aliphatic carbocycles. The van der Waals surface area contributed by atoms with Crippen molar-refractivity contribution in [3.63, 3.8) is 0 Å². The van der Waals surface area contributed by atoms with Crippen molar-refractivity contribution < 1.29 is 13.2 Å². The summed E-state index contributed by atoms with van der Waals surface area (Å²) in [4.78, 5) is 13.0. The van der Waals surface area contributed by atoms with E-state index in [-0.39, 0.29) is 22.8 Å². The summed E-state index contributed by atoms with van der Waals surface area (Å²) >= 11 is 0. The van der Waals surface area contributed by atoms with Gasteiger partial charge in [0.1, 0.15) is 0 Å². The van der Waals surface area contributed by atoms with Crippen LogP contribution in [0.25, 0.3) is 0 Å². The number of hydrogen-bond acceptors (Lipinski definition) is 3. The van der Waals surface area contributed by atoms with Crippen LogP contribution in [0.1, 0.15) is 45.1 Å². The van der Waals surface area contributed by atoms with Gasteiger partial charge in [0.05, 0.1) is 10.8 Å². The topological polar surface area (TPSA) is 66.5 Å². The number of amides is 1. The van der Waals surface area contributed by atoms with Crippen molar-refractivity contribution in [3.05, 3.63) is 60.2 Å². The van der Waals surface area contributed by atoms with Crippen LogP contribution in [-0.4, -0.2) is 31.7 Å². The van der Waals surface area contributed by atoms with Gasteiger partial charge in [0.15, 0.2) is 0 Å². The molecule has 6 heteroatoms. The fourth-order valence-corrected chi connectivity index (χ4v) is 4.17. The molecule has 2 aromatic carbocycles. The van der Waals surface area contributed by atoms with Crippen molar-refractivity contribution in [2.45, 2.75) is 50.5 Å². The Kier molecular flexibility index (Phi) is 7.16. The molecule has 0 spiro atoms. The minimum atomic E-state index is -3.53. The number of carbonyl (C=O) groups excluding carboxylic acids is 1. The third kappa shape index (κ3) is 5.17. The minimum absolute atomic E-state index is 0.0852. The summed E-state index contributed by atoms with van der Waals surface area (Å²) in [5.41, 5.74) is 1.57. The van der Waals surface area contributed by atoms with Crippen molar-refractivity contribution >= 4 is 21.6 Å². The molecule has 0 aromatic heterocycles. The molecule has 146 valence electrons. The molecule has 27 heavy (non-hydrogen) atoms. The Morgan fingerprint density at radius 3 is 2.15 bits per heavy atom. The quantitative estimate of drug-likeness (QED) is 0.736. The van der Waals surface area contributed by atoms with E-state index in [1.165, 1.54) is 16.4 Å². The fourth-order valence-electron chi connectivity index (χ4n) is 2.81. The van der Waals surface area contributed by atoms with Gasteiger partial charge in [-0.25, -0.2) is 8.42 Å². The molecule has 5 nitrogen and oxygen atoms in total. The lowest BCUT2D eigenvalue weighted by atomic mass is 9.93. The largest absolute Gasteiger partial charge is 0.326 e. The number of nitrogens with one attached hydrogen (secondary N) is 1. The highest BCUT2D eigenvalue weighted by Crippen LogP contribution is 2.24. The van der Waals surface area contributed by atoms with Gasteiger partial charge in [-0.1, -0.05) is 43.7 Å². The van der Waals surface area contributed by atoms with E-state index < -0.39 is 10.0 Å². The number of benzene rings is 2. The van der Waals surface area contributed by atoms with Crippen molar-refractivity contribution in [2.24, 2.45) is 0 Å². The molecule has 0 bridgehead atoms. The summed E-state index contributed by atoms with van der Waals surface area (Å²) in [5.74, 6) is -0.315. The Balaban J connectivity index is 2.16. The first-order chi connectivity index (χ1) is 12.8. The molecule has 1 amide bonds. The van der Waals surface area contributed by atoms with Gasteiger partial charge in [-0.05, 0) is 50.1 Å². The Hall–Kier alpha value is -2.18. The SMILES string of the molecule is CCC[C@H](C(=O)Nc1ccc(S(=O)(=O)N(C)C(C)C)cc1)c1ccccc1. The molecule has 1 N–H and O–H groups in total. The van der Waals surface area contributed by atoms with Crippen LogP contribution >= 0.6 is 0 Å². The average Bonchev–Trinajstić information content (AvgIpc) is 2.66. The second-order valence-electron chi connectivity index (χ2n) is 6.88. The van der Waals surface area contributed by atoms with Crippen molar-refractivity contribution in [1.29, 1.82) is 0 Å². The predicted octanol–water partition coefficient (Wildman–Crippen LogP) is 4.24. The number of sulfonamides is 1. The van der Waals surface area contributed by atoms with Gasteiger partial charge >= 0.3 is 0 Å². The maximum atomic E-state index is 12.7. The highest BCUT2D eigenvalue weighted by atomic mass is 32.2. The molecule has 0 saturated heterocycles. The minimum Gasteiger partial charge on any atom is -0.326 e. The van der Waals surface area contributed by atoms with Crippen LogP contribution < -0.4 is 5.32 Å². The van der Waals surface area contributed by atoms with Gasteiger partial charge in [-0.2, -0.15) is 4.31 Å². The maximum Gasteiger partial charge on any atom is 0.243 e. The average molecular weight is 389 g/mol. The zero-order valence-corrected chi connectivity index (χ0v) is 17.2. The van der Waals surface area contributed by atoms with E-state index in [4.69, 9.17) is 0 Å². The standard InChI is InChI=1S/C21H28N2O3S/c1-5-9-20(17-10-7-6-8-11-17)21(24)22-18-12-14-19(15-13-18)27(25,26)23(4)16(2)3/h6-8,10-16,20H,5,9H2,1-4H3,(H,22,24)/t20-/m0/s1. The number of rotatable bonds is 8. The van der Waals surface area contributed by atoms with E-state index >= 15 is 0 Å². The van der Waals surface area contributed by atoms with Gasteiger partial charge in [0.25, 0.3) is 0 Å². The number of hydrogen-bond donors (Lipinski definition) is 1. The van der Waals surface area contributed by atoms with E-state index in [1.54, 1.807) is 19.2 Å². The second-order valence-corrected chi connectivity index (χ2v) is 8.88. The first-order valence-corrected chi connectivity index (χ1v) is 10.6. The maximum absolute atomic E-state index is 12.7. The molecular weight excluding hydrogens is 360 g/mol. The molecule has 0 radical (unpaired) electrons. The van der Waals surface area contributed by atoms with Crippen molar-refractivity contribution in [3.8, 4) is 0 Å². The van der Waals surface area contributed by atoms with E-state index in [0.717, 1.165) is 18.4 Å². The van der Waals surface area contributed by atoms with E-state index in [9.17, 15) is 13.2 Å². The Bertz CT molecular complexity index is 847. The molecule has 2 rings (SSSR count). The highest BCUT2D eigenvalue weighted by Gasteiger charge is 2.23. The second kappa shape index (κ2) is 9.15. The molecule has 0 aliphatic rings. The van der Waals surface area contributed by atoms with E-state index in [1.807, 2.05) is 51.1 Å². The Morgan fingerprint density at radius 1 is 1.04 bits per heavy atom. The van der Waals surface area contributed by atoms with Gasteiger partial charge < -0.3 is 5.32 Å². The smallest absolute Gasteiger partial charge is 0.243 e. The summed E-state index contributed by atoms with van der Waals surface area (Å²) in [7, 11) is -1.97. The summed E-state index contributed by atoms with van der Waals surface area (Å²) in [5, 5.41) is 2.91. The molecule has 2 aromatic rings.